The first-order valence-electron chi connectivity index (χ1n) is 30.6. The average Bonchev–Trinajstić information content (AvgIpc) is 3.34. The standard InChI is InChI=1S/C63H119N2O6P/c1-6-8-10-12-14-16-18-19-20-21-22-23-24-25-26-27-28-29-30-31-32-33-34-35-36-37-38-39-40-41-42-43-44-45-47-49-51-53-55-57-63(67)64-61(60-71-72(68,69)70-59-58-65(3,4)5)62(66)56-54-52-50-48-46-17-15-13-11-9-7-2/h8,10,14,16,19-20,22-23,25-26,61-62,66H,6-7,9,11-13,15,17-18,21,24,27-60H2,1-5H3,(H-,64,67,68,69)/b10-8-,16-14-,20-19-,23-22-,26-25-. The molecule has 9 heteroatoms. The van der Waals surface area contributed by atoms with Crippen molar-refractivity contribution < 1.29 is 32.9 Å². The van der Waals surface area contributed by atoms with Gasteiger partial charge in [-0.3, -0.25) is 9.36 Å². The summed E-state index contributed by atoms with van der Waals surface area (Å²) in [5.41, 5.74) is 0. The number of carbonyl (C=O) groups is 1. The molecule has 0 aromatic heterocycles. The van der Waals surface area contributed by atoms with Crippen LogP contribution in [0.5, 0.6) is 0 Å². The topological polar surface area (TPSA) is 108 Å². The molecular formula is C63H119N2O6P. The van der Waals surface area contributed by atoms with Crippen LogP contribution >= 0.6 is 7.82 Å². The molecule has 3 unspecified atom stereocenters. The van der Waals surface area contributed by atoms with Crippen LogP contribution < -0.4 is 10.2 Å². The van der Waals surface area contributed by atoms with Crippen molar-refractivity contribution in [2.45, 2.75) is 296 Å². The fourth-order valence-corrected chi connectivity index (χ4v) is 9.73. The van der Waals surface area contributed by atoms with E-state index >= 15 is 0 Å². The number of phosphoric ester groups is 1. The highest BCUT2D eigenvalue weighted by molar-refractivity contribution is 7.45. The summed E-state index contributed by atoms with van der Waals surface area (Å²) in [5.74, 6) is -0.162. The lowest BCUT2D eigenvalue weighted by Gasteiger charge is -2.30. The first-order chi connectivity index (χ1) is 35.0. The van der Waals surface area contributed by atoms with Crippen LogP contribution in [0, 0.1) is 0 Å². The molecule has 0 aliphatic rings. The van der Waals surface area contributed by atoms with Crippen LogP contribution in [0.25, 0.3) is 0 Å². The minimum Gasteiger partial charge on any atom is -0.756 e. The SMILES string of the molecule is CC/C=C\C/C=C\C/C=C\C/C=C\C/C=C\CCCCCCCCCCCCCCCCCCCCCCCCCC(=O)NC(COP(=O)([O-])OCC[N+](C)(C)C)C(O)CCCCCCCCCCCCC. The summed E-state index contributed by atoms with van der Waals surface area (Å²) in [7, 11) is 1.31. The van der Waals surface area contributed by atoms with Gasteiger partial charge in [0.25, 0.3) is 7.82 Å². The van der Waals surface area contributed by atoms with E-state index in [1.54, 1.807) is 0 Å². The maximum atomic E-state index is 13.0. The van der Waals surface area contributed by atoms with Gasteiger partial charge in [-0.2, -0.15) is 0 Å². The Balaban J connectivity index is 3.84. The van der Waals surface area contributed by atoms with Crippen molar-refractivity contribution in [2.75, 3.05) is 40.9 Å². The number of nitrogens with one attached hydrogen (secondary N) is 1. The number of quaternary nitrogens is 1. The Bertz CT molecular complexity index is 1360. The summed E-state index contributed by atoms with van der Waals surface area (Å²) in [6, 6.07) is -0.798. The number of carbonyl (C=O) groups excluding carboxylic acids is 1. The van der Waals surface area contributed by atoms with Crippen LogP contribution in [0.1, 0.15) is 284 Å². The van der Waals surface area contributed by atoms with Crippen molar-refractivity contribution in [1.82, 2.24) is 5.32 Å². The molecule has 0 saturated carbocycles. The first-order valence-corrected chi connectivity index (χ1v) is 32.1. The van der Waals surface area contributed by atoms with Crippen molar-refractivity contribution in [3.05, 3.63) is 60.8 Å². The Hall–Kier alpha value is -1.80. The molecule has 0 aromatic rings. The number of hydrogen-bond acceptors (Lipinski definition) is 6. The lowest BCUT2D eigenvalue weighted by Crippen LogP contribution is -2.46. The number of rotatable bonds is 56. The number of nitrogens with zero attached hydrogens (tertiary/aromatic N) is 1. The molecule has 0 bridgehead atoms. The van der Waals surface area contributed by atoms with Gasteiger partial charge >= 0.3 is 0 Å². The highest BCUT2D eigenvalue weighted by atomic mass is 31.2. The quantitative estimate of drug-likeness (QED) is 0.0272. The van der Waals surface area contributed by atoms with Crippen LogP contribution in [-0.2, 0) is 18.4 Å². The van der Waals surface area contributed by atoms with Gasteiger partial charge in [0, 0.05) is 6.42 Å². The number of aliphatic hydroxyl groups excluding tert-OH is 1. The van der Waals surface area contributed by atoms with Crippen LogP contribution in [0.4, 0.5) is 0 Å². The van der Waals surface area contributed by atoms with E-state index in [1.165, 1.54) is 186 Å². The molecule has 0 aliphatic heterocycles. The second-order valence-electron chi connectivity index (χ2n) is 22.0. The van der Waals surface area contributed by atoms with E-state index in [-0.39, 0.29) is 19.1 Å². The fraction of sp³-hybridized carbons (Fsp3) is 0.825. The van der Waals surface area contributed by atoms with Crippen molar-refractivity contribution in [3.8, 4) is 0 Å². The fourth-order valence-electron chi connectivity index (χ4n) is 9.01. The Labute approximate surface area is 447 Å². The molecule has 0 fully saturated rings. The zero-order chi connectivity index (χ0) is 52.7. The maximum absolute atomic E-state index is 13.0. The van der Waals surface area contributed by atoms with E-state index in [1.807, 2.05) is 21.1 Å². The van der Waals surface area contributed by atoms with E-state index in [9.17, 15) is 19.4 Å². The van der Waals surface area contributed by atoms with Crippen LogP contribution in [0.2, 0.25) is 0 Å². The van der Waals surface area contributed by atoms with Gasteiger partial charge in [-0.05, 0) is 57.8 Å². The smallest absolute Gasteiger partial charge is 0.268 e. The van der Waals surface area contributed by atoms with Crippen molar-refractivity contribution in [3.63, 3.8) is 0 Å². The normalized spacial score (nSPS) is 14.3. The van der Waals surface area contributed by atoms with Crippen LogP contribution in [-0.4, -0.2) is 68.5 Å². The van der Waals surface area contributed by atoms with Gasteiger partial charge in [0.05, 0.1) is 39.9 Å². The zero-order valence-corrected chi connectivity index (χ0v) is 49.0. The Morgan fingerprint density at radius 3 is 1.24 bits per heavy atom. The third-order valence-electron chi connectivity index (χ3n) is 13.8. The Kier molecular flexibility index (Phi) is 52.7. The number of aliphatic hydroxyl groups is 1. The predicted octanol–water partition coefficient (Wildman–Crippen LogP) is 18.2. The number of phosphoric acid groups is 1. The second kappa shape index (κ2) is 54.0. The number of hydrogen-bond donors (Lipinski definition) is 2. The predicted molar refractivity (Wildman–Crippen MR) is 311 cm³/mol. The van der Waals surface area contributed by atoms with Gasteiger partial charge in [0.2, 0.25) is 5.91 Å². The molecule has 422 valence electrons. The molecule has 8 nitrogen and oxygen atoms in total. The molecule has 0 aromatic carbocycles. The van der Waals surface area contributed by atoms with E-state index in [4.69, 9.17) is 9.05 Å². The van der Waals surface area contributed by atoms with Gasteiger partial charge in [-0.1, -0.05) is 280 Å². The second-order valence-corrected chi connectivity index (χ2v) is 23.4. The summed E-state index contributed by atoms with van der Waals surface area (Å²) in [6.07, 6.45) is 72.9. The molecule has 1 amide bonds. The number of amides is 1. The molecule has 0 rings (SSSR count). The molecule has 0 spiro atoms. The van der Waals surface area contributed by atoms with E-state index in [2.05, 4.69) is 79.9 Å². The first kappa shape index (κ1) is 70.2. The minimum atomic E-state index is -4.57. The summed E-state index contributed by atoms with van der Waals surface area (Å²) in [6.45, 7) is 4.61. The third-order valence-corrected chi connectivity index (χ3v) is 14.7. The minimum absolute atomic E-state index is 0.0131. The molecule has 0 radical (unpaired) electrons. The molecule has 3 atom stereocenters. The lowest BCUT2D eigenvalue weighted by molar-refractivity contribution is -0.870. The average molecular weight is 1030 g/mol. The van der Waals surface area contributed by atoms with Crippen molar-refractivity contribution in [2.24, 2.45) is 0 Å². The summed E-state index contributed by atoms with van der Waals surface area (Å²) >= 11 is 0. The summed E-state index contributed by atoms with van der Waals surface area (Å²) in [4.78, 5) is 25.5. The molecule has 0 saturated heterocycles. The van der Waals surface area contributed by atoms with Crippen molar-refractivity contribution in [1.29, 1.82) is 0 Å². The lowest BCUT2D eigenvalue weighted by atomic mass is 10.0. The molecule has 2 N–H and O–H groups in total. The zero-order valence-electron chi connectivity index (χ0n) is 48.1. The van der Waals surface area contributed by atoms with E-state index < -0.39 is 20.0 Å². The van der Waals surface area contributed by atoms with E-state index in [0.29, 0.717) is 23.9 Å². The molecule has 0 aliphatic carbocycles. The Morgan fingerprint density at radius 2 is 0.847 bits per heavy atom. The largest absolute Gasteiger partial charge is 0.756 e. The van der Waals surface area contributed by atoms with Gasteiger partial charge in [0.1, 0.15) is 13.2 Å². The van der Waals surface area contributed by atoms with E-state index in [0.717, 1.165) is 70.6 Å². The highest BCUT2D eigenvalue weighted by Gasteiger charge is 2.24. The summed E-state index contributed by atoms with van der Waals surface area (Å²) in [5, 5.41) is 14.0. The van der Waals surface area contributed by atoms with Gasteiger partial charge in [0.15, 0.2) is 0 Å². The molecule has 72 heavy (non-hydrogen) atoms. The van der Waals surface area contributed by atoms with Crippen LogP contribution in [0.3, 0.4) is 0 Å². The van der Waals surface area contributed by atoms with Crippen LogP contribution in [0.15, 0.2) is 60.8 Å². The van der Waals surface area contributed by atoms with Gasteiger partial charge in [-0.25, -0.2) is 0 Å². The summed E-state index contributed by atoms with van der Waals surface area (Å²) < 4.78 is 23.4. The van der Waals surface area contributed by atoms with Gasteiger partial charge in [-0.15, -0.1) is 0 Å². The number of unbranched alkanes of at least 4 members (excludes halogenated alkanes) is 33. The van der Waals surface area contributed by atoms with Gasteiger partial charge < -0.3 is 28.8 Å². The Morgan fingerprint density at radius 1 is 0.500 bits per heavy atom. The maximum Gasteiger partial charge on any atom is 0.268 e. The third kappa shape index (κ3) is 55.9. The monoisotopic (exact) mass is 1030 g/mol. The number of likely N-dealkylation sites (N-methyl/N-ethyl adjacent to an activating group) is 1. The number of allylic oxidation sites excluding steroid dienone is 10. The molecular weight excluding hydrogens is 912 g/mol. The highest BCUT2D eigenvalue weighted by Crippen LogP contribution is 2.38. The van der Waals surface area contributed by atoms with Crippen molar-refractivity contribution >= 4 is 13.7 Å². The molecule has 0 heterocycles.